The van der Waals surface area contributed by atoms with Gasteiger partial charge in [0.15, 0.2) is 0 Å². The summed E-state index contributed by atoms with van der Waals surface area (Å²) in [6.45, 7) is 0. The van der Waals surface area contributed by atoms with E-state index in [4.69, 9.17) is 0 Å². The first-order chi connectivity index (χ1) is 24.1. The molecule has 4 N–H and O–H groups in total. The molecular weight excluding hydrogens is 716 g/mol. The maximum absolute atomic E-state index is 13.0. The summed E-state index contributed by atoms with van der Waals surface area (Å²) >= 11 is 0. The molecule has 0 radical (unpaired) electrons. The van der Waals surface area contributed by atoms with Crippen LogP contribution in [0, 0.1) is 0 Å². The molecule has 16 heteroatoms. The first kappa shape index (κ1) is 42.3. The Kier molecular flexibility index (Phi) is 13.9. The zero-order valence-electron chi connectivity index (χ0n) is 28.1. The molecule has 4 rings (SSSR count). The molecule has 0 saturated heterocycles. The Morgan fingerprint density at radius 2 is 0.500 bits per heavy atom. The highest BCUT2D eigenvalue weighted by molar-refractivity contribution is 5.36. The highest BCUT2D eigenvalue weighted by Gasteiger charge is 2.35. The minimum atomic E-state index is -4.50. The molecular formula is C36H36F12N4. The van der Waals surface area contributed by atoms with Crippen LogP contribution in [0.25, 0.3) is 0 Å². The fourth-order valence-corrected chi connectivity index (χ4v) is 5.74. The third kappa shape index (κ3) is 10.9. The van der Waals surface area contributed by atoms with Gasteiger partial charge in [-0.1, -0.05) is 48.5 Å². The molecule has 52 heavy (non-hydrogen) atoms. The molecule has 0 aliphatic heterocycles. The number of alkyl halides is 12. The van der Waals surface area contributed by atoms with E-state index in [1.807, 2.05) is 0 Å². The van der Waals surface area contributed by atoms with E-state index < -0.39 is 71.1 Å². The van der Waals surface area contributed by atoms with Crippen LogP contribution in [-0.4, -0.2) is 28.2 Å². The van der Waals surface area contributed by atoms with Gasteiger partial charge in [-0.3, -0.25) is 0 Å². The van der Waals surface area contributed by atoms with Crippen LogP contribution < -0.4 is 21.3 Å². The van der Waals surface area contributed by atoms with Crippen LogP contribution in [0.3, 0.4) is 0 Å². The van der Waals surface area contributed by atoms with Crippen LogP contribution in [0.4, 0.5) is 52.7 Å². The number of nitrogens with one attached hydrogen (secondary N) is 4. The van der Waals surface area contributed by atoms with E-state index in [1.54, 1.807) is 28.2 Å². The average Bonchev–Trinajstić information content (AvgIpc) is 3.08. The third-order valence-corrected chi connectivity index (χ3v) is 8.20. The van der Waals surface area contributed by atoms with Gasteiger partial charge in [0.1, 0.15) is 0 Å². The first-order valence-electron chi connectivity index (χ1n) is 15.5. The molecule has 4 unspecified atom stereocenters. The smallest absolute Gasteiger partial charge is 0.311 e. The normalized spacial score (nSPS) is 14.9. The molecule has 0 saturated carbocycles. The van der Waals surface area contributed by atoms with Crippen molar-refractivity contribution in [1.29, 1.82) is 0 Å². The summed E-state index contributed by atoms with van der Waals surface area (Å²) in [5, 5.41) is 11.6. The topological polar surface area (TPSA) is 48.1 Å². The maximum atomic E-state index is 13.0. The van der Waals surface area contributed by atoms with Gasteiger partial charge in [0.25, 0.3) is 0 Å². The summed E-state index contributed by atoms with van der Waals surface area (Å²) in [5.41, 5.74) is -1.97. The Hall–Kier alpha value is -4.12. The lowest BCUT2D eigenvalue weighted by molar-refractivity contribution is -0.138. The minimum absolute atomic E-state index is 0.319. The van der Waals surface area contributed by atoms with Gasteiger partial charge in [-0.15, -0.1) is 0 Å². The van der Waals surface area contributed by atoms with Crippen molar-refractivity contribution in [3.63, 3.8) is 0 Å². The van der Waals surface area contributed by atoms with Crippen molar-refractivity contribution in [1.82, 2.24) is 21.3 Å². The van der Waals surface area contributed by atoms with Crippen molar-refractivity contribution < 1.29 is 52.7 Å². The van der Waals surface area contributed by atoms with E-state index in [0.717, 1.165) is 48.5 Å². The second kappa shape index (κ2) is 17.1. The van der Waals surface area contributed by atoms with E-state index in [2.05, 4.69) is 21.3 Å². The lowest BCUT2D eigenvalue weighted by atomic mass is 9.91. The van der Waals surface area contributed by atoms with E-state index in [0.29, 0.717) is 22.3 Å². The van der Waals surface area contributed by atoms with Crippen LogP contribution >= 0.6 is 0 Å². The maximum Gasteiger partial charge on any atom is 0.416 e. The van der Waals surface area contributed by atoms with Crippen molar-refractivity contribution in [3.05, 3.63) is 142 Å². The molecule has 0 fully saturated rings. The molecule has 0 aromatic heterocycles. The summed E-state index contributed by atoms with van der Waals surface area (Å²) in [5.74, 6) is 0. The van der Waals surface area contributed by atoms with Crippen molar-refractivity contribution in [2.45, 2.75) is 48.9 Å². The molecule has 4 aromatic carbocycles. The summed E-state index contributed by atoms with van der Waals surface area (Å²) < 4.78 is 156. The fourth-order valence-electron chi connectivity index (χ4n) is 5.74. The first-order valence-corrected chi connectivity index (χ1v) is 15.5. The lowest BCUT2D eigenvalue weighted by Crippen LogP contribution is -2.32. The molecule has 0 amide bonds. The molecule has 284 valence electrons. The summed E-state index contributed by atoms with van der Waals surface area (Å²) in [6, 6.07) is 16.3. The third-order valence-electron chi connectivity index (χ3n) is 8.20. The Bertz CT molecular complexity index is 1480. The SMILES string of the molecule is CNC(c1cccc(C(F)(F)F)c1)C(NC)c1cccc(C(F)(F)F)c1.CNC(c1cccc(C(F)(F)F)c1)C(NC)c1cccc(C(F)(F)F)c1. The molecule has 0 spiro atoms. The quantitative estimate of drug-likeness (QED) is 0.122. The zero-order valence-corrected chi connectivity index (χ0v) is 28.1. The second-order valence-corrected chi connectivity index (χ2v) is 11.6. The number of hydrogen-bond donors (Lipinski definition) is 4. The van der Waals surface area contributed by atoms with Gasteiger partial charge in [-0.05, 0) is 99.0 Å². The van der Waals surface area contributed by atoms with Crippen LogP contribution in [0.1, 0.15) is 68.7 Å². The zero-order chi connectivity index (χ0) is 39.1. The number of hydrogen-bond acceptors (Lipinski definition) is 4. The van der Waals surface area contributed by atoms with Gasteiger partial charge < -0.3 is 21.3 Å². The number of likely N-dealkylation sites (N-methyl/N-ethyl adjacent to an activating group) is 4. The summed E-state index contributed by atoms with van der Waals surface area (Å²) in [7, 11) is 6.18. The monoisotopic (exact) mass is 752 g/mol. The second-order valence-electron chi connectivity index (χ2n) is 11.6. The molecule has 0 bridgehead atoms. The van der Waals surface area contributed by atoms with Gasteiger partial charge in [0, 0.05) is 0 Å². The predicted octanol–water partition coefficient (Wildman–Crippen LogP) is 9.89. The largest absolute Gasteiger partial charge is 0.416 e. The summed E-state index contributed by atoms with van der Waals surface area (Å²) in [6.07, 6.45) is -18.0. The molecule has 0 heterocycles. The Labute approximate surface area is 292 Å². The predicted molar refractivity (Wildman–Crippen MR) is 173 cm³/mol. The van der Waals surface area contributed by atoms with E-state index >= 15 is 0 Å². The Morgan fingerprint density at radius 3 is 0.635 bits per heavy atom. The van der Waals surface area contributed by atoms with Gasteiger partial charge in [-0.25, -0.2) is 0 Å². The van der Waals surface area contributed by atoms with E-state index in [-0.39, 0.29) is 0 Å². The lowest BCUT2D eigenvalue weighted by Gasteiger charge is -2.28. The van der Waals surface area contributed by atoms with Crippen LogP contribution in [-0.2, 0) is 24.7 Å². The van der Waals surface area contributed by atoms with Gasteiger partial charge in [0.05, 0.1) is 46.4 Å². The highest BCUT2D eigenvalue weighted by atomic mass is 19.4. The standard InChI is InChI=1S/2C18H18F6N2/c2*1-25-15(11-5-3-7-13(9-11)17(19,20)21)16(26-2)12-6-4-8-14(10-12)18(22,23)24/h2*3-10,15-16,25-26H,1-2H3. The number of rotatable bonds is 10. The Balaban J connectivity index is 0.000000280. The van der Waals surface area contributed by atoms with E-state index in [9.17, 15) is 52.7 Å². The Morgan fingerprint density at radius 1 is 0.327 bits per heavy atom. The van der Waals surface area contributed by atoms with Crippen LogP contribution in [0.2, 0.25) is 0 Å². The highest BCUT2D eigenvalue weighted by Crippen LogP contribution is 2.38. The minimum Gasteiger partial charge on any atom is -0.311 e. The van der Waals surface area contributed by atoms with E-state index in [1.165, 1.54) is 48.5 Å². The van der Waals surface area contributed by atoms with Crippen molar-refractivity contribution in [2.24, 2.45) is 0 Å². The van der Waals surface area contributed by atoms with Gasteiger partial charge in [-0.2, -0.15) is 52.7 Å². The van der Waals surface area contributed by atoms with Crippen LogP contribution in [0.5, 0.6) is 0 Å². The van der Waals surface area contributed by atoms with Gasteiger partial charge in [0.2, 0.25) is 0 Å². The van der Waals surface area contributed by atoms with Crippen LogP contribution in [0.15, 0.2) is 97.1 Å². The van der Waals surface area contributed by atoms with Gasteiger partial charge >= 0.3 is 24.7 Å². The molecule has 4 nitrogen and oxygen atoms in total. The summed E-state index contributed by atoms with van der Waals surface area (Å²) in [4.78, 5) is 0. The number of halogens is 12. The van der Waals surface area contributed by atoms with Crippen molar-refractivity contribution in [2.75, 3.05) is 28.2 Å². The molecule has 0 aliphatic rings. The molecule has 4 atom stereocenters. The van der Waals surface area contributed by atoms with Crippen molar-refractivity contribution >= 4 is 0 Å². The molecule has 4 aromatic rings. The fraction of sp³-hybridized carbons (Fsp3) is 0.333. The molecule has 0 aliphatic carbocycles. The van der Waals surface area contributed by atoms with Crippen molar-refractivity contribution in [3.8, 4) is 0 Å². The average molecular weight is 753 g/mol. The number of benzene rings is 4.